The van der Waals surface area contributed by atoms with Crippen LogP contribution < -0.4 is 19.9 Å². The van der Waals surface area contributed by atoms with Crippen molar-refractivity contribution in [1.82, 2.24) is 4.90 Å². The molecule has 0 unspecified atom stereocenters. The summed E-state index contributed by atoms with van der Waals surface area (Å²) < 4.78 is 16.6. The van der Waals surface area contributed by atoms with E-state index in [1.807, 2.05) is 24.3 Å². The Bertz CT molecular complexity index is 875. The third-order valence-corrected chi connectivity index (χ3v) is 5.16. The van der Waals surface area contributed by atoms with Crippen LogP contribution in [0.3, 0.4) is 0 Å². The van der Waals surface area contributed by atoms with E-state index in [-0.39, 0.29) is 24.3 Å². The molecule has 0 aromatic heterocycles. The Morgan fingerprint density at radius 1 is 1.00 bits per heavy atom. The smallest absolute Gasteiger partial charge is 0.253 e. The number of hydrogen-bond acceptors (Lipinski definition) is 5. The van der Waals surface area contributed by atoms with Crippen LogP contribution in [0, 0.1) is 5.92 Å². The second-order valence-corrected chi connectivity index (χ2v) is 6.94. The number of ether oxygens (including phenoxy) is 3. The van der Waals surface area contributed by atoms with Gasteiger partial charge in [-0.2, -0.15) is 0 Å². The molecule has 29 heavy (non-hydrogen) atoms. The highest BCUT2D eigenvalue weighted by Crippen LogP contribution is 2.29. The molecule has 154 valence electrons. The Balaban J connectivity index is 1.73. The summed E-state index contributed by atoms with van der Waals surface area (Å²) in [4.78, 5) is 26.0. The van der Waals surface area contributed by atoms with Gasteiger partial charge in [0.15, 0.2) is 11.5 Å². The fourth-order valence-corrected chi connectivity index (χ4v) is 3.47. The van der Waals surface area contributed by atoms with E-state index in [2.05, 4.69) is 0 Å². The molecule has 1 saturated heterocycles. The van der Waals surface area contributed by atoms with Gasteiger partial charge in [0.1, 0.15) is 12.4 Å². The number of likely N-dealkylation sites (tertiary alicyclic amines) is 1. The number of benzene rings is 2. The van der Waals surface area contributed by atoms with E-state index < -0.39 is 0 Å². The number of carbonyl (C=O) groups excluding carboxylic acids is 2. The van der Waals surface area contributed by atoms with Gasteiger partial charge in [0.05, 0.1) is 14.2 Å². The van der Waals surface area contributed by atoms with E-state index in [9.17, 15) is 9.59 Å². The van der Waals surface area contributed by atoms with Gasteiger partial charge in [0, 0.05) is 30.1 Å². The maximum atomic E-state index is 12.9. The van der Waals surface area contributed by atoms with Crippen molar-refractivity contribution in [1.29, 1.82) is 0 Å². The van der Waals surface area contributed by atoms with E-state index in [1.165, 1.54) is 0 Å². The number of piperidine rings is 1. The van der Waals surface area contributed by atoms with Gasteiger partial charge in [0.2, 0.25) is 5.91 Å². The van der Waals surface area contributed by atoms with Crippen LogP contribution in [0.4, 0.5) is 0 Å². The summed E-state index contributed by atoms with van der Waals surface area (Å²) >= 11 is 0. The summed E-state index contributed by atoms with van der Waals surface area (Å²) in [5.41, 5.74) is 6.69. The van der Waals surface area contributed by atoms with E-state index in [1.54, 1.807) is 37.3 Å². The minimum absolute atomic E-state index is 0.0749. The van der Waals surface area contributed by atoms with Crippen LogP contribution in [0.25, 0.3) is 0 Å². The Labute approximate surface area is 170 Å². The monoisotopic (exact) mass is 398 g/mol. The van der Waals surface area contributed by atoms with Crippen molar-refractivity contribution >= 4 is 11.8 Å². The Morgan fingerprint density at radius 3 is 2.28 bits per heavy atom. The number of methoxy groups -OCH3 is 2. The number of nitrogens with two attached hydrogens (primary N) is 1. The molecule has 0 atom stereocenters. The van der Waals surface area contributed by atoms with Crippen molar-refractivity contribution in [3.05, 3.63) is 53.6 Å². The zero-order valence-corrected chi connectivity index (χ0v) is 16.7. The minimum atomic E-state index is -0.294. The van der Waals surface area contributed by atoms with Crippen molar-refractivity contribution in [2.45, 2.75) is 19.4 Å². The Morgan fingerprint density at radius 2 is 1.66 bits per heavy atom. The first kappa shape index (κ1) is 20.5. The zero-order chi connectivity index (χ0) is 20.8. The van der Waals surface area contributed by atoms with Gasteiger partial charge >= 0.3 is 0 Å². The zero-order valence-electron chi connectivity index (χ0n) is 16.7. The molecule has 1 aliphatic heterocycles. The van der Waals surface area contributed by atoms with Gasteiger partial charge in [-0.3, -0.25) is 9.59 Å². The van der Waals surface area contributed by atoms with Gasteiger partial charge < -0.3 is 24.8 Å². The number of hydrogen-bond donors (Lipinski definition) is 1. The fourth-order valence-electron chi connectivity index (χ4n) is 3.47. The largest absolute Gasteiger partial charge is 0.496 e. The van der Waals surface area contributed by atoms with Crippen LogP contribution in [-0.2, 0) is 11.4 Å². The first-order chi connectivity index (χ1) is 14.0. The summed E-state index contributed by atoms with van der Waals surface area (Å²) in [5.74, 6) is 1.37. The standard InChI is InChI=1S/C22H26N2O5/c1-27-18-8-7-16(22(26)24-11-9-15(10-12-24)21(23)25)13-17(18)14-29-20-6-4-3-5-19(20)28-2/h3-8,13,15H,9-12,14H2,1-2H3,(H2,23,25). The van der Waals surface area contributed by atoms with E-state index in [0.29, 0.717) is 48.7 Å². The normalized spacial score (nSPS) is 14.3. The van der Waals surface area contributed by atoms with Gasteiger partial charge in [-0.1, -0.05) is 12.1 Å². The number of rotatable bonds is 7. The van der Waals surface area contributed by atoms with Crippen LogP contribution in [0.2, 0.25) is 0 Å². The number of carbonyl (C=O) groups is 2. The van der Waals surface area contributed by atoms with Gasteiger partial charge in [-0.25, -0.2) is 0 Å². The molecule has 2 aromatic rings. The number of nitrogens with zero attached hydrogens (tertiary/aromatic N) is 1. The van der Waals surface area contributed by atoms with Gasteiger partial charge in [-0.05, 0) is 43.2 Å². The highest BCUT2D eigenvalue weighted by atomic mass is 16.5. The van der Waals surface area contributed by atoms with E-state index in [0.717, 1.165) is 5.56 Å². The predicted octanol–water partition coefficient (Wildman–Crippen LogP) is 2.62. The second-order valence-electron chi connectivity index (χ2n) is 6.94. The van der Waals surface area contributed by atoms with Crippen LogP contribution in [0.5, 0.6) is 17.2 Å². The fraction of sp³-hybridized carbons (Fsp3) is 0.364. The van der Waals surface area contributed by atoms with E-state index >= 15 is 0 Å². The molecule has 7 heteroatoms. The van der Waals surface area contributed by atoms with Gasteiger partial charge in [0.25, 0.3) is 5.91 Å². The summed E-state index contributed by atoms with van der Waals surface area (Å²) in [6, 6.07) is 12.7. The topological polar surface area (TPSA) is 91.1 Å². The average Bonchev–Trinajstić information content (AvgIpc) is 2.77. The second kappa shape index (κ2) is 9.32. The summed E-state index contributed by atoms with van der Waals surface area (Å²) in [6.07, 6.45) is 1.20. The Hall–Kier alpha value is -3.22. The lowest BCUT2D eigenvalue weighted by molar-refractivity contribution is -0.123. The molecular formula is C22H26N2O5. The summed E-state index contributed by atoms with van der Waals surface area (Å²) in [6.45, 7) is 1.27. The number of para-hydroxylation sites is 2. The molecule has 2 amide bonds. The molecule has 3 rings (SSSR count). The average molecular weight is 398 g/mol. The lowest BCUT2D eigenvalue weighted by Crippen LogP contribution is -2.41. The molecule has 2 aromatic carbocycles. The molecule has 0 saturated carbocycles. The molecule has 1 fully saturated rings. The maximum Gasteiger partial charge on any atom is 0.253 e. The molecule has 0 spiro atoms. The third-order valence-electron chi connectivity index (χ3n) is 5.16. The molecule has 0 radical (unpaired) electrons. The van der Waals surface area contributed by atoms with Crippen molar-refractivity contribution in [2.75, 3.05) is 27.3 Å². The number of primary amides is 1. The van der Waals surface area contributed by atoms with Crippen LogP contribution >= 0.6 is 0 Å². The lowest BCUT2D eigenvalue weighted by atomic mass is 9.95. The Kier molecular flexibility index (Phi) is 6.59. The molecule has 0 aliphatic carbocycles. The lowest BCUT2D eigenvalue weighted by Gasteiger charge is -2.30. The van der Waals surface area contributed by atoms with Crippen molar-refractivity contribution in [3.8, 4) is 17.2 Å². The van der Waals surface area contributed by atoms with Gasteiger partial charge in [-0.15, -0.1) is 0 Å². The molecule has 1 heterocycles. The molecular weight excluding hydrogens is 372 g/mol. The minimum Gasteiger partial charge on any atom is -0.496 e. The maximum absolute atomic E-state index is 12.9. The van der Waals surface area contributed by atoms with Crippen molar-refractivity contribution in [3.63, 3.8) is 0 Å². The number of amides is 2. The molecule has 7 nitrogen and oxygen atoms in total. The first-order valence-electron chi connectivity index (χ1n) is 9.54. The first-order valence-corrected chi connectivity index (χ1v) is 9.54. The highest BCUT2D eigenvalue weighted by molar-refractivity contribution is 5.94. The molecule has 1 aliphatic rings. The highest BCUT2D eigenvalue weighted by Gasteiger charge is 2.26. The van der Waals surface area contributed by atoms with Crippen molar-refractivity contribution < 1.29 is 23.8 Å². The van der Waals surface area contributed by atoms with Crippen LogP contribution in [-0.4, -0.2) is 44.0 Å². The molecule has 0 bridgehead atoms. The van der Waals surface area contributed by atoms with Crippen molar-refractivity contribution in [2.24, 2.45) is 11.7 Å². The molecule has 2 N–H and O–H groups in total. The third kappa shape index (κ3) is 4.80. The van der Waals surface area contributed by atoms with Crippen LogP contribution in [0.1, 0.15) is 28.8 Å². The summed E-state index contributed by atoms with van der Waals surface area (Å²) in [5, 5.41) is 0. The quantitative estimate of drug-likeness (QED) is 0.774. The van der Waals surface area contributed by atoms with E-state index in [4.69, 9.17) is 19.9 Å². The van der Waals surface area contributed by atoms with Crippen LogP contribution in [0.15, 0.2) is 42.5 Å². The predicted molar refractivity (Wildman–Crippen MR) is 108 cm³/mol. The SMILES string of the molecule is COc1ccc(C(=O)N2CCC(C(N)=O)CC2)cc1COc1ccccc1OC. The summed E-state index contributed by atoms with van der Waals surface area (Å²) in [7, 11) is 3.17.